The van der Waals surface area contributed by atoms with Crippen molar-refractivity contribution in [2.24, 2.45) is 0 Å². The van der Waals surface area contributed by atoms with Gasteiger partial charge >= 0.3 is 6.18 Å². The fourth-order valence-electron chi connectivity index (χ4n) is 1.77. The van der Waals surface area contributed by atoms with Gasteiger partial charge in [0.15, 0.2) is 0 Å². The molecule has 0 saturated heterocycles. The van der Waals surface area contributed by atoms with Crippen molar-refractivity contribution in [1.29, 1.82) is 0 Å². The van der Waals surface area contributed by atoms with E-state index >= 15 is 0 Å². The average molecular weight is 415 g/mol. The summed E-state index contributed by atoms with van der Waals surface area (Å²) in [5.41, 5.74) is -0.273. The maximum atomic E-state index is 12.5. The van der Waals surface area contributed by atoms with Crippen molar-refractivity contribution >= 4 is 40.4 Å². The first-order valence-electron chi connectivity index (χ1n) is 7.60. The monoisotopic (exact) mass is 415 g/mol. The van der Waals surface area contributed by atoms with Gasteiger partial charge in [-0.2, -0.15) is 13.2 Å². The van der Waals surface area contributed by atoms with E-state index in [2.05, 4.69) is 10.3 Å². The molecule has 10 heteroatoms. The molecule has 5 nitrogen and oxygen atoms in total. The van der Waals surface area contributed by atoms with Gasteiger partial charge in [-0.05, 0) is 48.2 Å². The van der Waals surface area contributed by atoms with Gasteiger partial charge in [0.2, 0.25) is 5.91 Å². The Morgan fingerprint density at radius 1 is 1.11 bits per heavy atom. The number of halogens is 3. The molecule has 1 heterocycles. The summed E-state index contributed by atoms with van der Waals surface area (Å²) in [5.74, 6) is -0.306. The first kappa shape index (κ1) is 21.1. The molecule has 1 N–H and O–H groups in total. The van der Waals surface area contributed by atoms with Crippen LogP contribution in [0, 0.1) is 0 Å². The van der Waals surface area contributed by atoms with Gasteiger partial charge in [-0.15, -0.1) is 0 Å². The normalized spacial score (nSPS) is 11.1. The van der Waals surface area contributed by atoms with Crippen molar-refractivity contribution < 1.29 is 22.8 Å². The van der Waals surface area contributed by atoms with Crippen molar-refractivity contribution in [3.63, 3.8) is 0 Å². The van der Waals surface area contributed by atoms with Gasteiger partial charge in [-0.25, -0.2) is 4.98 Å². The second-order valence-corrected chi connectivity index (χ2v) is 7.53. The van der Waals surface area contributed by atoms with Gasteiger partial charge in [0, 0.05) is 30.9 Å². The number of rotatable bonds is 5. The van der Waals surface area contributed by atoms with Crippen LogP contribution in [0.5, 0.6) is 0 Å². The molecule has 0 unspecified atom stereocenters. The van der Waals surface area contributed by atoms with Crippen LogP contribution >= 0.6 is 23.5 Å². The lowest BCUT2D eigenvalue weighted by atomic mass is 10.3. The fourth-order valence-corrected chi connectivity index (χ4v) is 3.07. The van der Waals surface area contributed by atoms with Crippen molar-refractivity contribution in [2.45, 2.75) is 16.1 Å². The van der Waals surface area contributed by atoms with Crippen LogP contribution in [0.2, 0.25) is 0 Å². The molecule has 0 atom stereocenters. The number of amides is 2. The van der Waals surface area contributed by atoms with Gasteiger partial charge in [0.05, 0.1) is 16.3 Å². The van der Waals surface area contributed by atoms with Crippen LogP contribution in [0.25, 0.3) is 0 Å². The maximum Gasteiger partial charge on any atom is 0.417 e. The predicted octanol–water partition coefficient (Wildman–Crippen LogP) is 4.60. The number of aromatic nitrogens is 1. The molecular weight excluding hydrogens is 399 g/mol. The van der Waals surface area contributed by atoms with E-state index in [0.29, 0.717) is 10.7 Å². The number of benzene rings is 1. The molecule has 1 aromatic carbocycles. The molecule has 0 saturated carbocycles. The SMILES string of the molecule is CN(C)C(=O)Sc1ccc(NC(=O)CSc2ccc(C(F)(F)F)cn2)cc1. The highest BCUT2D eigenvalue weighted by atomic mass is 32.2. The zero-order chi connectivity index (χ0) is 20.0. The van der Waals surface area contributed by atoms with E-state index in [1.807, 2.05) is 0 Å². The van der Waals surface area contributed by atoms with Crippen LogP contribution in [0.4, 0.5) is 23.7 Å². The highest BCUT2D eigenvalue weighted by molar-refractivity contribution is 8.13. The topological polar surface area (TPSA) is 62.3 Å². The van der Waals surface area contributed by atoms with Crippen molar-refractivity contribution in [1.82, 2.24) is 9.88 Å². The van der Waals surface area contributed by atoms with Gasteiger partial charge < -0.3 is 10.2 Å². The summed E-state index contributed by atoms with van der Waals surface area (Å²) in [5, 5.41) is 2.90. The zero-order valence-corrected chi connectivity index (χ0v) is 16.0. The summed E-state index contributed by atoms with van der Waals surface area (Å²) in [7, 11) is 3.32. The zero-order valence-electron chi connectivity index (χ0n) is 14.4. The number of carbonyl (C=O) groups is 2. The van der Waals surface area contributed by atoms with Crippen molar-refractivity contribution in [3.8, 4) is 0 Å². The molecule has 0 spiro atoms. The molecule has 2 rings (SSSR count). The number of thioether (sulfide) groups is 2. The van der Waals surface area contributed by atoms with Gasteiger partial charge in [-0.3, -0.25) is 9.59 Å². The number of nitrogens with one attached hydrogen (secondary N) is 1. The van der Waals surface area contributed by atoms with Crippen LogP contribution < -0.4 is 5.32 Å². The average Bonchev–Trinajstić information content (AvgIpc) is 2.61. The third-order valence-corrected chi connectivity index (χ3v) is 5.11. The summed E-state index contributed by atoms with van der Waals surface area (Å²) in [6, 6.07) is 8.93. The van der Waals surface area contributed by atoms with E-state index in [1.54, 1.807) is 38.4 Å². The molecule has 0 fully saturated rings. The van der Waals surface area contributed by atoms with E-state index in [9.17, 15) is 22.8 Å². The molecule has 0 aliphatic carbocycles. The highest BCUT2D eigenvalue weighted by Crippen LogP contribution is 2.29. The Hall–Kier alpha value is -2.20. The number of nitrogens with zero attached hydrogens (tertiary/aromatic N) is 2. The van der Waals surface area contributed by atoms with Gasteiger partial charge in [-0.1, -0.05) is 11.8 Å². The van der Waals surface area contributed by atoms with Crippen LogP contribution in [0.3, 0.4) is 0 Å². The lowest BCUT2D eigenvalue weighted by Crippen LogP contribution is -2.16. The Bertz CT molecular complexity index is 795. The molecule has 0 aliphatic rings. The highest BCUT2D eigenvalue weighted by Gasteiger charge is 2.30. The van der Waals surface area contributed by atoms with E-state index in [1.165, 1.54) is 11.0 Å². The van der Waals surface area contributed by atoms with Crippen molar-refractivity contribution in [3.05, 3.63) is 48.2 Å². The van der Waals surface area contributed by atoms with E-state index in [4.69, 9.17) is 0 Å². The standard InChI is InChI=1S/C17H16F3N3O2S2/c1-23(2)16(25)27-13-6-4-12(5-7-13)22-14(24)10-26-15-8-3-11(9-21-15)17(18,19)20/h3-9H,10H2,1-2H3,(H,22,24). The third-order valence-electron chi connectivity index (χ3n) is 3.12. The molecule has 0 bridgehead atoms. The molecule has 27 heavy (non-hydrogen) atoms. The van der Waals surface area contributed by atoms with Crippen LogP contribution in [0.1, 0.15) is 5.56 Å². The number of anilines is 1. The first-order valence-corrected chi connectivity index (χ1v) is 9.40. The number of carbonyl (C=O) groups excluding carboxylic acids is 2. The van der Waals surface area contributed by atoms with E-state index in [-0.39, 0.29) is 16.9 Å². The number of alkyl halides is 3. The molecular formula is C17H16F3N3O2S2. The minimum absolute atomic E-state index is 0.00792. The summed E-state index contributed by atoms with van der Waals surface area (Å²) in [6.45, 7) is 0. The van der Waals surface area contributed by atoms with Gasteiger partial charge in [0.25, 0.3) is 5.24 Å². The number of pyridine rings is 1. The molecule has 0 aliphatic heterocycles. The quantitative estimate of drug-likeness (QED) is 0.723. The first-order chi connectivity index (χ1) is 12.6. The number of hydrogen-bond acceptors (Lipinski definition) is 5. The summed E-state index contributed by atoms with van der Waals surface area (Å²) < 4.78 is 37.4. The Morgan fingerprint density at radius 3 is 2.30 bits per heavy atom. The summed E-state index contributed by atoms with van der Waals surface area (Å²) >= 11 is 2.11. The summed E-state index contributed by atoms with van der Waals surface area (Å²) in [4.78, 5) is 29.5. The molecule has 1 aromatic heterocycles. The second-order valence-electron chi connectivity index (χ2n) is 5.51. The minimum Gasteiger partial charge on any atom is -0.339 e. The summed E-state index contributed by atoms with van der Waals surface area (Å²) in [6.07, 6.45) is -3.69. The number of hydrogen-bond donors (Lipinski definition) is 1. The van der Waals surface area contributed by atoms with Gasteiger partial charge in [0.1, 0.15) is 0 Å². The minimum atomic E-state index is -4.44. The van der Waals surface area contributed by atoms with E-state index in [0.717, 1.165) is 40.7 Å². The Morgan fingerprint density at radius 2 is 1.78 bits per heavy atom. The molecule has 2 aromatic rings. The Labute approximate surface area is 162 Å². The lowest BCUT2D eigenvalue weighted by molar-refractivity contribution is -0.137. The van der Waals surface area contributed by atoms with Crippen LogP contribution in [-0.2, 0) is 11.0 Å². The third kappa shape index (κ3) is 6.79. The Kier molecular flexibility index (Phi) is 7.14. The smallest absolute Gasteiger partial charge is 0.339 e. The van der Waals surface area contributed by atoms with Crippen molar-refractivity contribution in [2.75, 3.05) is 25.2 Å². The largest absolute Gasteiger partial charge is 0.417 e. The lowest BCUT2D eigenvalue weighted by Gasteiger charge is -2.10. The predicted molar refractivity (Wildman–Crippen MR) is 100.0 cm³/mol. The molecule has 0 radical (unpaired) electrons. The van der Waals surface area contributed by atoms with Crippen LogP contribution in [0.15, 0.2) is 52.5 Å². The van der Waals surface area contributed by atoms with E-state index < -0.39 is 11.7 Å². The molecule has 144 valence electrons. The fraction of sp³-hybridized carbons (Fsp3) is 0.235. The second kappa shape index (κ2) is 9.14. The maximum absolute atomic E-state index is 12.5. The Balaban J connectivity index is 1.84. The molecule has 2 amide bonds. The van der Waals surface area contributed by atoms with Crippen LogP contribution in [-0.4, -0.2) is 40.9 Å².